The van der Waals surface area contributed by atoms with Crippen molar-refractivity contribution >= 4 is 5.91 Å². The van der Waals surface area contributed by atoms with E-state index in [2.05, 4.69) is 36.6 Å². The summed E-state index contributed by atoms with van der Waals surface area (Å²) < 4.78 is 0. The van der Waals surface area contributed by atoms with Gasteiger partial charge in [0.15, 0.2) is 0 Å². The Morgan fingerprint density at radius 1 is 1.19 bits per heavy atom. The Bertz CT molecular complexity index is 485. The van der Waals surface area contributed by atoms with Crippen LogP contribution in [0.15, 0.2) is 30.3 Å². The molecular formula is C18H26N2O. The molecule has 2 heterocycles. The van der Waals surface area contributed by atoms with Gasteiger partial charge in [-0.15, -0.1) is 0 Å². The molecule has 0 saturated carbocycles. The summed E-state index contributed by atoms with van der Waals surface area (Å²) in [5, 5.41) is 6.88. The van der Waals surface area contributed by atoms with Crippen LogP contribution in [0.4, 0.5) is 0 Å². The summed E-state index contributed by atoms with van der Waals surface area (Å²) in [6, 6.07) is 11.9. The first-order valence-electron chi connectivity index (χ1n) is 8.14. The summed E-state index contributed by atoms with van der Waals surface area (Å²) in [5.74, 6) is 0.190. The fourth-order valence-corrected chi connectivity index (χ4v) is 3.85. The molecule has 2 atom stereocenters. The number of hydrogen-bond donors (Lipinski definition) is 2. The van der Waals surface area contributed by atoms with Crippen molar-refractivity contribution in [3.05, 3.63) is 35.9 Å². The van der Waals surface area contributed by atoms with E-state index >= 15 is 0 Å². The number of benzene rings is 1. The lowest BCUT2D eigenvalue weighted by atomic mass is 9.81. The van der Waals surface area contributed by atoms with Crippen molar-refractivity contribution in [1.29, 1.82) is 0 Å². The molecule has 2 saturated heterocycles. The van der Waals surface area contributed by atoms with Crippen LogP contribution in [0.25, 0.3) is 0 Å². The summed E-state index contributed by atoms with van der Waals surface area (Å²) in [5.41, 5.74) is 1.11. The zero-order valence-electron chi connectivity index (χ0n) is 13.1. The van der Waals surface area contributed by atoms with Gasteiger partial charge in [0.05, 0.1) is 0 Å². The SMILES string of the molecule is CC(C)(CC(=O)NC1CC2CCC(C1)N2)c1ccccc1. The number of fused-ring (bicyclic) bond motifs is 2. The molecule has 1 aromatic rings. The van der Waals surface area contributed by atoms with Gasteiger partial charge < -0.3 is 10.6 Å². The van der Waals surface area contributed by atoms with Crippen molar-refractivity contribution in [1.82, 2.24) is 10.6 Å². The maximum atomic E-state index is 12.4. The highest BCUT2D eigenvalue weighted by Crippen LogP contribution is 2.29. The van der Waals surface area contributed by atoms with Gasteiger partial charge in [0.2, 0.25) is 5.91 Å². The van der Waals surface area contributed by atoms with Crippen LogP contribution in [0, 0.1) is 0 Å². The second-order valence-corrected chi connectivity index (χ2v) is 7.30. The van der Waals surface area contributed by atoms with E-state index in [1.165, 1.54) is 18.4 Å². The van der Waals surface area contributed by atoms with Crippen molar-refractivity contribution < 1.29 is 4.79 Å². The Hall–Kier alpha value is -1.35. The van der Waals surface area contributed by atoms with Crippen molar-refractivity contribution in [2.75, 3.05) is 0 Å². The maximum Gasteiger partial charge on any atom is 0.221 e. The number of rotatable bonds is 4. The van der Waals surface area contributed by atoms with E-state index in [1.54, 1.807) is 0 Å². The van der Waals surface area contributed by atoms with Crippen LogP contribution in [0.1, 0.15) is 51.5 Å². The van der Waals surface area contributed by atoms with E-state index in [1.807, 2.05) is 18.2 Å². The van der Waals surface area contributed by atoms with Crippen LogP contribution < -0.4 is 10.6 Å². The van der Waals surface area contributed by atoms with Crippen molar-refractivity contribution in [2.45, 2.75) is 69.5 Å². The van der Waals surface area contributed by atoms with Crippen molar-refractivity contribution in [2.24, 2.45) is 0 Å². The van der Waals surface area contributed by atoms with Crippen LogP contribution >= 0.6 is 0 Å². The molecule has 0 spiro atoms. The largest absolute Gasteiger partial charge is 0.353 e. The standard InChI is InChI=1S/C18H26N2O/c1-18(2,13-6-4-3-5-7-13)12-17(21)20-16-10-14-8-9-15(11-16)19-14/h3-7,14-16,19H,8-12H2,1-2H3,(H,20,21). The van der Waals surface area contributed by atoms with Crippen LogP contribution in [0.3, 0.4) is 0 Å². The number of carbonyl (C=O) groups is 1. The molecule has 2 aliphatic heterocycles. The molecule has 2 aliphatic rings. The molecule has 1 aromatic carbocycles. The van der Waals surface area contributed by atoms with Gasteiger partial charge in [-0.25, -0.2) is 0 Å². The topological polar surface area (TPSA) is 41.1 Å². The Kier molecular flexibility index (Phi) is 4.03. The van der Waals surface area contributed by atoms with Gasteiger partial charge in [0, 0.05) is 24.5 Å². The molecule has 1 amide bonds. The molecule has 3 heteroatoms. The lowest BCUT2D eigenvalue weighted by Crippen LogP contribution is -2.48. The molecule has 2 N–H and O–H groups in total. The maximum absolute atomic E-state index is 12.4. The van der Waals surface area contributed by atoms with E-state index in [-0.39, 0.29) is 11.3 Å². The summed E-state index contributed by atoms with van der Waals surface area (Å²) >= 11 is 0. The third kappa shape index (κ3) is 3.46. The smallest absolute Gasteiger partial charge is 0.221 e. The Balaban J connectivity index is 1.56. The van der Waals surface area contributed by atoms with Gasteiger partial charge in [-0.3, -0.25) is 4.79 Å². The lowest BCUT2D eigenvalue weighted by Gasteiger charge is -2.31. The number of nitrogens with one attached hydrogen (secondary N) is 2. The molecule has 21 heavy (non-hydrogen) atoms. The van der Waals surface area contributed by atoms with Gasteiger partial charge in [-0.05, 0) is 36.7 Å². The minimum absolute atomic E-state index is 0.114. The number of amides is 1. The molecule has 0 aliphatic carbocycles. The molecule has 2 unspecified atom stereocenters. The predicted molar refractivity (Wildman–Crippen MR) is 85.2 cm³/mol. The summed E-state index contributed by atoms with van der Waals surface area (Å²) in [4.78, 5) is 12.4. The molecular weight excluding hydrogens is 260 g/mol. The lowest BCUT2D eigenvalue weighted by molar-refractivity contribution is -0.123. The highest BCUT2D eigenvalue weighted by atomic mass is 16.1. The molecule has 3 rings (SSSR count). The summed E-state index contributed by atoms with van der Waals surface area (Å²) in [7, 11) is 0. The number of hydrogen-bond acceptors (Lipinski definition) is 2. The first-order chi connectivity index (χ1) is 10.0. The minimum atomic E-state index is -0.114. The number of piperidine rings is 1. The highest BCUT2D eigenvalue weighted by molar-refractivity contribution is 5.77. The van der Waals surface area contributed by atoms with E-state index in [9.17, 15) is 4.79 Å². The Morgan fingerprint density at radius 2 is 1.81 bits per heavy atom. The first-order valence-corrected chi connectivity index (χ1v) is 8.14. The van der Waals surface area contributed by atoms with Gasteiger partial charge in [0.1, 0.15) is 0 Å². The molecule has 3 nitrogen and oxygen atoms in total. The summed E-state index contributed by atoms with van der Waals surface area (Å²) in [6.07, 6.45) is 5.28. The zero-order valence-corrected chi connectivity index (χ0v) is 13.1. The van der Waals surface area contributed by atoms with Gasteiger partial charge in [-0.1, -0.05) is 44.2 Å². The molecule has 0 radical (unpaired) electrons. The van der Waals surface area contributed by atoms with E-state index in [0.717, 1.165) is 12.8 Å². The fraction of sp³-hybridized carbons (Fsp3) is 0.611. The molecule has 114 valence electrons. The monoisotopic (exact) mass is 286 g/mol. The van der Waals surface area contributed by atoms with E-state index in [4.69, 9.17) is 0 Å². The second kappa shape index (κ2) is 5.80. The normalized spacial score (nSPS) is 28.4. The third-order valence-electron chi connectivity index (χ3n) is 5.00. The van der Waals surface area contributed by atoms with Gasteiger partial charge in [-0.2, -0.15) is 0 Å². The quantitative estimate of drug-likeness (QED) is 0.893. The van der Waals surface area contributed by atoms with Crippen LogP contribution in [-0.4, -0.2) is 24.0 Å². The van der Waals surface area contributed by atoms with Crippen molar-refractivity contribution in [3.63, 3.8) is 0 Å². The van der Waals surface area contributed by atoms with E-state index in [0.29, 0.717) is 24.5 Å². The Labute approximate surface area is 127 Å². The molecule has 2 fully saturated rings. The zero-order chi connectivity index (χ0) is 14.9. The first kappa shape index (κ1) is 14.6. The van der Waals surface area contributed by atoms with Crippen molar-refractivity contribution in [3.8, 4) is 0 Å². The van der Waals surface area contributed by atoms with Crippen LogP contribution in [0.2, 0.25) is 0 Å². The van der Waals surface area contributed by atoms with Gasteiger partial charge >= 0.3 is 0 Å². The molecule has 0 aromatic heterocycles. The average Bonchev–Trinajstić information content (AvgIpc) is 2.78. The second-order valence-electron chi connectivity index (χ2n) is 7.30. The number of carbonyl (C=O) groups excluding carboxylic acids is 1. The third-order valence-corrected chi connectivity index (χ3v) is 5.00. The molecule has 2 bridgehead atoms. The minimum Gasteiger partial charge on any atom is -0.353 e. The average molecular weight is 286 g/mol. The van der Waals surface area contributed by atoms with Gasteiger partial charge in [0.25, 0.3) is 0 Å². The predicted octanol–water partition coefficient (Wildman–Crippen LogP) is 2.75. The summed E-state index contributed by atoms with van der Waals surface area (Å²) in [6.45, 7) is 4.29. The Morgan fingerprint density at radius 3 is 2.43 bits per heavy atom. The van der Waals surface area contributed by atoms with Crippen LogP contribution in [-0.2, 0) is 10.2 Å². The fourth-order valence-electron chi connectivity index (χ4n) is 3.85. The highest BCUT2D eigenvalue weighted by Gasteiger charge is 2.34. The van der Waals surface area contributed by atoms with Crippen LogP contribution in [0.5, 0.6) is 0 Å². The van der Waals surface area contributed by atoms with E-state index < -0.39 is 0 Å².